The van der Waals surface area contributed by atoms with Crippen LogP contribution in [0.15, 0.2) is 41.5 Å². The van der Waals surface area contributed by atoms with Gasteiger partial charge in [0.1, 0.15) is 6.04 Å². The van der Waals surface area contributed by atoms with Gasteiger partial charge in [0.2, 0.25) is 17.8 Å². The monoisotopic (exact) mass is 571 g/mol. The molecule has 1 saturated carbocycles. The number of nitrogens with one attached hydrogen (secondary N) is 2. The molecule has 2 aromatic heterocycles. The van der Waals surface area contributed by atoms with Crippen molar-refractivity contribution in [1.29, 1.82) is 0 Å². The number of pyridine rings is 1. The summed E-state index contributed by atoms with van der Waals surface area (Å²) in [5.74, 6) is -0.0873. The van der Waals surface area contributed by atoms with Gasteiger partial charge >= 0.3 is 6.18 Å². The number of fused-ring (bicyclic) bond motifs is 7. The third-order valence-corrected chi connectivity index (χ3v) is 7.74. The fourth-order valence-corrected chi connectivity index (χ4v) is 5.35. The second kappa shape index (κ2) is 10.3. The second-order valence-electron chi connectivity index (χ2n) is 10.8. The minimum Gasteiger partial charge on any atom is -0.477 e. The van der Waals surface area contributed by atoms with Crippen LogP contribution < -0.4 is 20.3 Å². The lowest BCUT2D eigenvalue weighted by Crippen LogP contribution is -2.36. The van der Waals surface area contributed by atoms with E-state index in [0.29, 0.717) is 41.9 Å². The Balaban J connectivity index is 1.39. The average Bonchev–Trinajstić information content (AvgIpc) is 3.62. The van der Waals surface area contributed by atoms with Crippen LogP contribution in [-0.4, -0.2) is 52.0 Å². The number of halogens is 4. The van der Waals surface area contributed by atoms with Gasteiger partial charge in [-0.1, -0.05) is 0 Å². The maximum Gasteiger partial charge on any atom is 0.408 e. The molecule has 0 radical (unpaired) electrons. The van der Waals surface area contributed by atoms with E-state index in [0.717, 1.165) is 38.7 Å². The van der Waals surface area contributed by atoms with E-state index in [9.17, 15) is 22.4 Å². The molecule has 6 rings (SSSR count). The fourth-order valence-electron chi connectivity index (χ4n) is 5.35. The molecule has 2 atom stereocenters. The lowest BCUT2D eigenvalue weighted by molar-refractivity contribution is -0.138. The van der Waals surface area contributed by atoms with Gasteiger partial charge < -0.3 is 20.3 Å². The molecule has 1 amide bonds. The van der Waals surface area contributed by atoms with Crippen LogP contribution in [0.2, 0.25) is 0 Å². The number of guanidine groups is 1. The summed E-state index contributed by atoms with van der Waals surface area (Å²) >= 11 is 0. The van der Waals surface area contributed by atoms with Gasteiger partial charge in [-0.3, -0.25) is 4.79 Å². The van der Waals surface area contributed by atoms with Crippen molar-refractivity contribution in [3.8, 4) is 17.1 Å². The molecule has 3 aromatic rings. The Morgan fingerprint density at radius 3 is 2.71 bits per heavy atom. The largest absolute Gasteiger partial charge is 0.477 e. The number of anilines is 3. The number of hydrogen-bond acceptors (Lipinski definition) is 7. The zero-order chi connectivity index (χ0) is 28.9. The molecule has 0 saturated heterocycles. The van der Waals surface area contributed by atoms with Crippen LogP contribution in [0.25, 0.3) is 11.3 Å². The molecular weight excluding hydrogens is 542 g/mol. The third kappa shape index (κ3) is 5.57. The molecule has 0 spiro atoms. The number of benzene rings is 1. The highest BCUT2D eigenvalue weighted by Gasteiger charge is 2.38. The molecule has 2 aliphatic heterocycles. The molecule has 1 aromatic carbocycles. The fraction of sp³-hybridized carbons (Fsp3) is 0.429. The normalized spacial score (nSPS) is 21.2. The predicted octanol–water partition coefficient (Wildman–Crippen LogP) is 5.61. The van der Waals surface area contributed by atoms with Crippen LogP contribution >= 0.6 is 0 Å². The molecule has 13 heteroatoms. The molecule has 41 heavy (non-hydrogen) atoms. The van der Waals surface area contributed by atoms with Crippen LogP contribution in [0.1, 0.15) is 43.0 Å². The lowest BCUT2D eigenvalue weighted by Gasteiger charge is -2.26. The van der Waals surface area contributed by atoms with E-state index in [1.54, 1.807) is 29.9 Å². The second-order valence-corrected chi connectivity index (χ2v) is 10.8. The number of alkyl halides is 3. The topological polar surface area (TPSA) is 96.7 Å². The van der Waals surface area contributed by atoms with E-state index in [1.807, 2.05) is 4.90 Å². The van der Waals surface area contributed by atoms with Crippen LogP contribution in [0, 0.1) is 17.8 Å². The minimum atomic E-state index is -4.41. The number of rotatable bonds is 3. The first-order valence-corrected chi connectivity index (χ1v) is 13.5. The van der Waals surface area contributed by atoms with Gasteiger partial charge in [-0.05, 0) is 68.7 Å². The summed E-state index contributed by atoms with van der Waals surface area (Å²) in [6.45, 7) is 2.02. The summed E-state index contributed by atoms with van der Waals surface area (Å²) < 4.78 is 61.7. The van der Waals surface area contributed by atoms with Crippen molar-refractivity contribution in [2.75, 3.05) is 28.7 Å². The number of ether oxygens (including phenoxy) is 1. The van der Waals surface area contributed by atoms with Crippen LogP contribution in [-0.2, 0) is 7.05 Å². The molecule has 1 aliphatic carbocycles. The van der Waals surface area contributed by atoms with Crippen LogP contribution in [0.4, 0.5) is 34.6 Å². The molecule has 2 bridgehead atoms. The van der Waals surface area contributed by atoms with Crippen LogP contribution in [0.5, 0.6) is 5.88 Å². The Morgan fingerprint density at radius 2 is 1.95 bits per heavy atom. The zero-order valence-electron chi connectivity index (χ0n) is 22.5. The summed E-state index contributed by atoms with van der Waals surface area (Å²) in [4.78, 5) is 23.6. The summed E-state index contributed by atoms with van der Waals surface area (Å²) in [6, 6.07) is 5.59. The van der Waals surface area contributed by atoms with Gasteiger partial charge in [-0.2, -0.15) is 27.7 Å². The molecular formula is C28H29F4N7O2. The van der Waals surface area contributed by atoms with Gasteiger partial charge in [0.15, 0.2) is 0 Å². The number of hydrogen-bond donors (Lipinski definition) is 2. The number of amides is 1. The van der Waals surface area contributed by atoms with Crippen molar-refractivity contribution in [3.63, 3.8) is 0 Å². The average molecular weight is 572 g/mol. The van der Waals surface area contributed by atoms with Crippen molar-refractivity contribution in [2.45, 2.75) is 44.8 Å². The third-order valence-electron chi connectivity index (χ3n) is 7.74. The van der Waals surface area contributed by atoms with E-state index in [-0.39, 0.29) is 28.8 Å². The molecule has 2 unspecified atom stereocenters. The van der Waals surface area contributed by atoms with Gasteiger partial charge in [0, 0.05) is 30.9 Å². The highest BCUT2D eigenvalue weighted by Crippen LogP contribution is 2.43. The number of carbonyl (C=O) groups is 1. The maximum atomic E-state index is 14.6. The van der Waals surface area contributed by atoms with Crippen molar-refractivity contribution >= 4 is 28.9 Å². The first kappa shape index (κ1) is 27.0. The molecule has 1 fully saturated rings. The minimum absolute atomic E-state index is 0.0116. The molecule has 3 aliphatic rings. The lowest BCUT2D eigenvalue weighted by atomic mass is 9.97. The van der Waals surface area contributed by atoms with Gasteiger partial charge in [0.05, 0.1) is 35.4 Å². The SMILES string of the molecule is CC(Nc1ccc2c(c1)N/C1=N\C(=O)c3cc(F)nc(c3)-c3cnn(C)c3OCCCC(C3CC3)CN12)C(F)(F)F. The highest BCUT2D eigenvalue weighted by atomic mass is 19.4. The van der Waals surface area contributed by atoms with Crippen molar-refractivity contribution in [1.82, 2.24) is 14.8 Å². The van der Waals surface area contributed by atoms with Gasteiger partial charge in [-0.15, -0.1) is 0 Å². The van der Waals surface area contributed by atoms with Gasteiger partial charge in [-0.25, -0.2) is 9.67 Å². The van der Waals surface area contributed by atoms with Crippen molar-refractivity contribution < 1.29 is 27.1 Å². The summed E-state index contributed by atoms with van der Waals surface area (Å²) in [5.41, 5.74) is 2.15. The Labute approximate surface area is 233 Å². The number of carbonyl (C=O) groups excluding carboxylic acids is 1. The van der Waals surface area contributed by atoms with E-state index >= 15 is 0 Å². The Kier molecular flexibility index (Phi) is 6.82. The number of aryl methyl sites for hydroxylation is 1. The van der Waals surface area contributed by atoms with Crippen molar-refractivity contribution in [2.24, 2.45) is 23.9 Å². The van der Waals surface area contributed by atoms with E-state index in [4.69, 9.17) is 4.74 Å². The number of nitrogens with zero attached hydrogens (tertiary/aromatic N) is 5. The Hall–Kier alpha value is -4.16. The number of aromatic nitrogens is 3. The summed E-state index contributed by atoms with van der Waals surface area (Å²) in [6.07, 6.45) is 0.929. The zero-order valence-corrected chi connectivity index (χ0v) is 22.5. The molecule has 2 N–H and O–H groups in total. The standard InChI is InChI=1S/C28H29F4N7O2/c1-15(28(30,31)32)34-19-7-8-23-22(12-19)36-27-37-25(40)18-10-21(35-24(29)11-18)20-13-33-38(2)26(20)41-9-3-4-17(14-39(23)27)16-5-6-16/h7-8,10-13,15-17,34H,3-6,9,14H2,1-2H3,(H,36,37,40). The van der Waals surface area contributed by atoms with E-state index < -0.39 is 24.1 Å². The number of aliphatic imine (C=N–C) groups is 1. The smallest absolute Gasteiger partial charge is 0.408 e. The Morgan fingerprint density at radius 1 is 1.15 bits per heavy atom. The first-order valence-electron chi connectivity index (χ1n) is 13.5. The molecule has 9 nitrogen and oxygen atoms in total. The predicted molar refractivity (Wildman–Crippen MR) is 146 cm³/mol. The highest BCUT2D eigenvalue weighted by molar-refractivity contribution is 6.19. The van der Waals surface area contributed by atoms with E-state index in [2.05, 4.69) is 25.7 Å². The first-order chi connectivity index (χ1) is 19.6. The molecule has 4 heterocycles. The summed E-state index contributed by atoms with van der Waals surface area (Å²) in [5, 5.41) is 9.83. The maximum absolute atomic E-state index is 14.6. The van der Waals surface area contributed by atoms with Crippen molar-refractivity contribution in [3.05, 3.63) is 48.0 Å². The van der Waals surface area contributed by atoms with Gasteiger partial charge in [0.25, 0.3) is 5.91 Å². The Bertz CT molecular complexity index is 1520. The van der Waals surface area contributed by atoms with E-state index in [1.165, 1.54) is 12.3 Å². The van der Waals surface area contributed by atoms with Crippen LogP contribution in [0.3, 0.4) is 0 Å². The molecule has 216 valence electrons. The summed E-state index contributed by atoms with van der Waals surface area (Å²) in [7, 11) is 1.72. The quantitative estimate of drug-likeness (QED) is 0.312.